The molecule has 4 rings (SSSR count). The number of anilines is 2. The molecule has 0 atom stereocenters. The summed E-state index contributed by atoms with van der Waals surface area (Å²) in [5, 5.41) is 2.91. The number of rotatable bonds is 5. The Balaban J connectivity index is 0.00000193. The standard InChI is InChI=1S/C27H25N3O.2ClH/c1-19(31)28-24-15-14-22(18-27(24)30(2)3)23-16-25(20-10-6-4-7-11-20)29-26(17-23)21-12-8-5-9-13-21;;/h4-18H,1-3H3,(H,28,31);2*1H. The number of nitrogens with one attached hydrogen (secondary N) is 1. The maximum absolute atomic E-state index is 11.6. The second-order valence-corrected chi connectivity index (χ2v) is 7.67. The lowest BCUT2D eigenvalue weighted by Gasteiger charge is -2.19. The number of carbonyl (C=O) groups is 1. The van der Waals surface area contributed by atoms with E-state index in [4.69, 9.17) is 4.98 Å². The lowest BCUT2D eigenvalue weighted by molar-refractivity contribution is -0.114. The minimum Gasteiger partial charge on any atom is -0.376 e. The topological polar surface area (TPSA) is 45.2 Å². The zero-order chi connectivity index (χ0) is 21.8. The van der Waals surface area contributed by atoms with E-state index in [9.17, 15) is 4.79 Å². The summed E-state index contributed by atoms with van der Waals surface area (Å²) in [7, 11) is 3.95. The average molecular weight is 480 g/mol. The van der Waals surface area contributed by atoms with Crippen LogP contribution in [0, 0.1) is 0 Å². The summed E-state index contributed by atoms with van der Waals surface area (Å²) in [6, 6.07) is 30.8. The van der Waals surface area contributed by atoms with E-state index in [0.717, 1.165) is 45.0 Å². The monoisotopic (exact) mass is 479 g/mol. The second kappa shape index (κ2) is 11.5. The van der Waals surface area contributed by atoms with Gasteiger partial charge in [-0.05, 0) is 35.4 Å². The Labute approximate surface area is 207 Å². The van der Waals surface area contributed by atoms with Gasteiger partial charge in [-0.1, -0.05) is 66.7 Å². The number of nitrogens with zero attached hydrogens (tertiary/aromatic N) is 2. The molecular formula is C27H27Cl2N3O. The number of hydrogen-bond donors (Lipinski definition) is 1. The molecule has 0 fully saturated rings. The van der Waals surface area contributed by atoms with Gasteiger partial charge in [0.05, 0.1) is 22.8 Å². The first-order valence-electron chi connectivity index (χ1n) is 10.2. The molecule has 4 aromatic rings. The van der Waals surface area contributed by atoms with Crippen LogP contribution in [0.2, 0.25) is 0 Å². The summed E-state index contributed by atoms with van der Waals surface area (Å²) in [5.41, 5.74) is 7.88. The van der Waals surface area contributed by atoms with Gasteiger partial charge in [-0.15, -0.1) is 24.8 Å². The molecule has 1 aromatic heterocycles. The fourth-order valence-electron chi connectivity index (χ4n) is 3.59. The van der Waals surface area contributed by atoms with Gasteiger partial charge in [0.15, 0.2) is 0 Å². The van der Waals surface area contributed by atoms with E-state index in [0.29, 0.717) is 0 Å². The Kier molecular flexibility index (Phi) is 9.03. The molecule has 1 amide bonds. The number of aromatic nitrogens is 1. The van der Waals surface area contributed by atoms with Crippen molar-refractivity contribution in [3.8, 4) is 33.6 Å². The molecule has 0 bridgehead atoms. The highest BCUT2D eigenvalue weighted by Gasteiger charge is 2.12. The Morgan fingerprint density at radius 2 is 1.21 bits per heavy atom. The Morgan fingerprint density at radius 3 is 1.67 bits per heavy atom. The van der Waals surface area contributed by atoms with Gasteiger partial charge in [0, 0.05) is 32.1 Å². The molecule has 4 nitrogen and oxygen atoms in total. The maximum atomic E-state index is 11.6. The number of halogens is 2. The van der Waals surface area contributed by atoms with E-state index < -0.39 is 0 Å². The third-order valence-corrected chi connectivity index (χ3v) is 5.09. The van der Waals surface area contributed by atoms with Gasteiger partial charge in [-0.3, -0.25) is 4.79 Å². The van der Waals surface area contributed by atoms with E-state index in [2.05, 4.69) is 47.8 Å². The fourth-order valence-corrected chi connectivity index (χ4v) is 3.59. The molecule has 170 valence electrons. The van der Waals surface area contributed by atoms with Crippen LogP contribution in [0.5, 0.6) is 0 Å². The largest absolute Gasteiger partial charge is 0.376 e. The molecule has 6 heteroatoms. The average Bonchev–Trinajstić information content (AvgIpc) is 2.79. The first kappa shape index (κ1) is 25.9. The van der Waals surface area contributed by atoms with Gasteiger partial charge in [-0.2, -0.15) is 0 Å². The highest BCUT2D eigenvalue weighted by Crippen LogP contribution is 2.34. The smallest absolute Gasteiger partial charge is 0.221 e. The van der Waals surface area contributed by atoms with Crippen molar-refractivity contribution >= 4 is 42.1 Å². The summed E-state index contributed by atoms with van der Waals surface area (Å²) in [5.74, 6) is -0.0857. The van der Waals surface area contributed by atoms with Crippen LogP contribution in [0.15, 0.2) is 91.0 Å². The molecular weight excluding hydrogens is 453 g/mol. The molecule has 0 saturated carbocycles. The van der Waals surface area contributed by atoms with Gasteiger partial charge in [0.1, 0.15) is 0 Å². The predicted octanol–water partition coefficient (Wildman–Crippen LogP) is 6.95. The minimum absolute atomic E-state index is 0. The van der Waals surface area contributed by atoms with Gasteiger partial charge in [0.25, 0.3) is 0 Å². The van der Waals surface area contributed by atoms with Gasteiger partial charge in [-0.25, -0.2) is 4.98 Å². The number of amides is 1. The van der Waals surface area contributed by atoms with Crippen molar-refractivity contribution in [1.82, 2.24) is 4.98 Å². The third kappa shape index (κ3) is 6.13. The summed E-state index contributed by atoms with van der Waals surface area (Å²) in [6.45, 7) is 1.52. The third-order valence-electron chi connectivity index (χ3n) is 5.09. The summed E-state index contributed by atoms with van der Waals surface area (Å²) in [4.78, 5) is 18.6. The molecule has 0 aliphatic heterocycles. The Hall–Kier alpha value is -3.34. The molecule has 1 N–H and O–H groups in total. The van der Waals surface area contributed by atoms with Crippen LogP contribution in [0.1, 0.15) is 6.92 Å². The molecule has 0 aliphatic rings. The van der Waals surface area contributed by atoms with Crippen LogP contribution < -0.4 is 10.2 Å². The lowest BCUT2D eigenvalue weighted by Crippen LogP contribution is -2.14. The van der Waals surface area contributed by atoms with Crippen molar-refractivity contribution in [2.75, 3.05) is 24.3 Å². The van der Waals surface area contributed by atoms with Crippen molar-refractivity contribution in [1.29, 1.82) is 0 Å². The van der Waals surface area contributed by atoms with Crippen molar-refractivity contribution in [3.63, 3.8) is 0 Å². The van der Waals surface area contributed by atoms with Gasteiger partial charge < -0.3 is 10.2 Å². The summed E-state index contributed by atoms with van der Waals surface area (Å²) < 4.78 is 0. The normalized spacial score (nSPS) is 9.91. The second-order valence-electron chi connectivity index (χ2n) is 7.67. The van der Waals surface area contributed by atoms with Gasteiger partial charge >= 0.3 is 0 Å². The van der Waals surface area contributed by atoms with E-state index in [1.54, 1.807) is 0 Å². The number of carbonyl (C=O) groups excluding carboxylic acids is 1. The maximum Gasteiger partial charge on any atom is 0.221 e. The van der Waals surface area contributed by atoms with E-state index in [-0.39, 0.29) is 30.7 Å². The van der Waals surface area contributed by atoms with Gasteiger partial charge in [0.2, 0.25) is 5.91 Å². The van der Waals surface area contributed by atoms with Crippen molar-refractivity contribution in [2.45, 2.75) is 6.92 Å². The van der Waals surface area contributed by atoms with Crippen LogP contribution in [0.4, 0.5) is 11.4 Å². The molecule has 1 heterocycles. The van der Waals surface area contributed by atoms with E-state index >= 15 is 0 Å². The van der Waals surface area contributed by atoms with Crippen LogP contribution in [-0.4, -0.2) is 25.0 Å². The van der Waals surface area contributed by atoms with Crippen molar-refractivity contribution in [2.24, 2.45) is 0 Å². The first-order valence-corrected chi connectivity index (χ1v) is 10.2. The zero-order valence-electron chi connectivity index (χ0n) is 18.8. The van der Waals surface area contributed by atoms with E-state index in [1.165, 1.54) is 6.92 Å². The number of benzene rings is 3. The molecule has 0 unspecified atom stereocenters. The Morgan fingerprint density at radius 1 is 0.697 bits per heavy atom. The molecule has 0 aliphatic carbocycles. The van der Waals surface area contributed by atoms with Crippen LogP contribution in [0.3, 0.4) is 0 Å². The van der Waals surface area contributed by atoms with E-state index in [1.807, 2.05) is 67.5 Å². The van der Waals surface area contributed by atoms with Crippen molar-refractivity contribution < 1.29 is 4.79 Å². The van der Waals surface area contributed by atoms with Crippen LogP contribution in [0.25, 0.3) is 33.6 Å². The van der Waals surface area contributed by atoms with Crippen LogP contribution in [-0.2, 0) is 4.79 Å². The summed E-state index contributed by atoms with van der Waals surface area (Å²) in [6.07, 6.45) is 0. The van der Waals surface area contributed by atoms with Crippen molar-refractivity contribution in [3.05, 3.63) is 91.0 Å². The Bertz CT molecular complexity index is 1150. The number of hydrogen-bond acceptors (Lipinski definition) is 3. The number of pyridine rings is 1. The molecule has 0 spiro atoms. The first-order chi connectivity index (χ1) is 15.0. The molecule has 0 radical (unpaired) electrons. The minimum atomic E-state index is -0.0857. The highest BCUT2D eigenvalue weighted by molar-refractivity contribution is 5.94. The molecule has 3 aromatic carbocycles. The SMILES string of the molecule is CC(=O)Nc1ccc(-c2cc(-c3ccccc3)nc(-c3ccccc3)c2)cc1N(C)C.Cl.Cl. The molecule has 0 saturated heterocycles. The quantitative estimate of drug-likeness (QED) is 0.336. The fraction of sp³-hybridized carbons (Fsp3) is 0.111. The highest BCUT2D eigenvalue weighted by atomic mass is 35.5. The zero-order valence-corrected chi connectivity index (χ0v) is 20.4. The molecule has 33 heavy (non-hydrogen) atoms. The lowest BCUT2D eigenvalue weighted by atomic mass is 9.99. The summed E-state index contributed by atoms with van der Waals surface area (Å²) >= 11 is 0. The van der Waals surface area contributed by atoms with Crippen LogP contribution >= 0.6 is 24.8 Å². The predicted molar refractivity (Wildman–Crippen MR) is 144 cm³/mol.